The zero-order chi connectivity index (χ0) is 4.71. The summed E-state index contributed by atoms with van der Waals surface area (Å²) < 4.78 is 25.1. The quantitative estimate of drug-likeness (QED) is 0.512. The Balaban J connectivity index is -0.0000000275. The number of rotatable bonds is 0. The molecule has 0 saturated carbocycles. The van der Waals surface area contributed by atoms with Crippen molar-refractivity contribution in [2.45, 2.75) is 0 Å². The van der Waals surface area contributed by atoms with E-state index >= 15 is 0 Å². The molecule has 0 aromatic heterocycles. The second-order valence-corrected chi connectivity index (χ2v) is 0.250. The van der Waals surface area contributed by atoms with E-state index in [1.54, 1.807) is 0 Å². The molecular weight excluding hydrogens is 310 g/mol. The fourth-order valence-corrected chi connectivity index (χ4v) is 0. The Labute approximate surface area is 69.1 Å². The molecule has 0 fully saturated rings. The van der Waals surface area contributed by atoms with E-state index in [1.807, 2.05) is 0 Å². The van der Waals surface area contributed by atoms with Crippen LogP contribution in [0, 0.1) is 0 Å². The second kappa shape index (κ2) is 33.6. The van der Waals surface area contributed by atoms with E-state index in [0.717, 1.165) is 0 Å². The maximum absolute atomic E-state index is 8.40. The fraction of sp³-hybridized carbons (Fsp3) is 0. The van der Waals surface area contributed by atoms with E-state index < -0.39 is 9.29 Å². The van der Waals surface area contributed by atoms with Gasteiger partial charge in [0.25, 0.3) is 0 Å². The fourth-order valence-electron chi connectivity index (χ4n) is 0. The normalized spacial score (nSPS) is 2.00. The summed E-state index contributed by atoms with van der Waals surface area (Å²) in [6.45, 7) is 0. The molecule has 0 aliphatic rings. The van der Waals surface area contributed by atoms with Crippen molar-refractivity contribution in [1.82, 2.24) is 0 Å². The van der Waals surface area contributed by atoms with Crippen molar-refractivity contribution in [3.8, 4) is 0 Å². The summed E-state index contributed by atoms with van der Waals surface area (Å²) in [5, 5.41) is 0. The SMILES string of the molecule is O=[Si]=O.[In].[O]=[Sn]. The van der Waals surface area contributed by atoms with Crippen LogP contribution in [-0.2, 0) is 12.0 Å². The Hall–Kier alpha value is 1.29. The monoisotopic (exact) mass is 311 g/mol. The van der Waals surface area contributed by atoms with Crippen LogP contribution in [-0.4, -0.2) is 57.6 Å². The molecule has 5 radical (unpaired) electrons. The third-order valence-electron chi connectivity index (χ3n) is 0. The average Bonchev–Trinajstić information content (AvgIpc) is 1.46. The molecular formula is InO3SiSn. The predicted octanol–water partition coefficient (Wildman–Crippen LogP) is -1.50. The summed E-state index contributed by atoms with van der Waals surface area (Å²) >= 11 is 0.300. The summed E-state index contributed by atoms with van der Waals surface area (Å²) in [5.74, 6) is 0. The van der Waals surface area contributed by atoms with Gasteiger partial charge in [0.1, 0.15) is 0 Å². The summed E-state index contributed by atoms with van der Waals surface area (Å²) in [6.07, 6.45) is 0. The zero-order valence-corrected chi connectivity index (χ0v) is 9.95. The summed E-state index contributed by atoms with van der Waals surface area (Å²) in [6, 6.07) is 0. The van der Waals surface area contributed by atoms with Crippen molar-refractivity contribution in [1.29, 1.82) is 0 Å². The Morgan fingerprint density at radius 1 is 1.17 bits per heavy atom. The van der Waals surface area contributed by atoms with E-state index in [-0.39, 0.29) is 25.8 Å². The Kier molecular flexibility index (Phi) is 87.8. The molecule has 6 heavy (non-hydrogen) atoms. The molecule has 0 aromatic carbocycles. The Bertz CT molecular complexity index is 40.1. The molecule has 0 bridgehead atoms. The van der Waals surface area contributed by atoms with Crippen molar-refractivity contribution in [3.05, 3.63) is 0 Å². The van der Waals surface area contributed by atoms with E-state index in [4.69, 9.17) is 12.0 Å². The van der Waals surface area contributed by atoms with Crippen molar-refractivity contribution in [3.63, 3.8) is 0 Å². The molecule has 6 heteroatoms. The molecule has 0 aromatic rings. The zero-order valence-electron chi connectivity index (χ0n) is 2.80. The van der Waals surface area contributed by atoms with Gasteiger partial charge in [0.05, 0.1) is 0 Å². The molecule has 0 heterocycles. The minimum atomic E-state index is -1.42. The van der Waals surface area contributed by atoms with Crippen molar-refractivity contribution in [2.24, 2.45) is 0 Å². The van der Waals surface area contributed by atoms with E-state index in [2.05, 4.69) is 0 Å². The summed E-state index contributed by atoms with van der Waals surface area (Å²) in [7, 11) is -1.42. The van der Waals surface area contributed by atoms with Crippen LogP contribution >= 0.6 is 0 Å². The molecule has 0 saturated heterocycles. The van der Waals surface area contributed by atoms with Crippen LogP contribution in [0.2, 0.25) is 0 Å². The van der Waals surface area contributed by atoms with Gasteiger partial charge in [0.15, 0.2) is 0 Å². The van der Waals surface area contributed by atoms with Gasteiger partial charge in [-0.15, -0.1) is 0 Å². The van der Waals surface area contributed by atoms with Gasteiger partial charge in [0, 0.05) is 25.8 Å². The van der Waals surface area contributed by atoms with Gasteiger partial charge < -0.3 is 0 Å². The van der Waals surface area contributed by atoms with Crippen LogP contribution < -0.4 is 0 Å². The first-order chi connectivity index (χ1) is 2.41. The van der Waals surface area contributed by atoms with E-state index in [0.29, 0.717) is 22.5 Å². The molecule has 0 N–H and O–H groups in total. The number of hydrogen-bond donors (Lipinski definition) is 0. The van der Waals surface area contributed by atoms with Crippen molar-refractivity contribution < 1.29 is 12.0 Å². The van der Waals surface area contributed by atoms with Gasteiger partial charge in [-0.25, -0.2) is 0 Å². The van der Waals surface area contributed by atoms with Crippen LogP contribution in [0.15, 0.2) is 0 Å². The van der Waals surface area contributed by atoms with Crippen molar-refractivity contribution in [2.75, 3.05) is 0 Å². The van der Waals surface area contributed by atoms with E-state index in [1.165, 1.54) is 0 Å². The third-order valence-corrected chi connectivity index (χ3v) is 0. The molecule has 3 nitrogen and oxygen atoms in total. The summed E-state index contributed by atoms with van der Waals surface area (Å²) in [4.78, 5) is 0. The molecule has 0 spiro atoms. The van der Waals surface area contributed by atoms with Gasteiger partial charge in [-0.1, -0.05) is 0 Å². The first-order valence-corrected chi connectivity index (χ1v) is 2.59. The maximum atomic E-state index is 8.40. The Morgan fingerprint density at radius 2 is 1.17 bits per heavy atom. The molecule has 0 unspecified atom stereocenters. The molecule has 0 rings (SSSR count). The van der Waals surface area contributed by atoms with Crippen molar-refractivity contribution >= 4 is 57.6 Å². The Morgan fingerprint density at radius 3 is 1.17 bits per heavy atom. The van der Waals surface area contributed by atoms with E-state index in [9.17, 15) is 0 Å². The first-order valence-electron chi connectivity index (χ1n) is 0.612. The average molecular weight is 310 g/mol. The molecule has 29 valence electrons. The van der Waals surface area contributed by atoms with Gasteiger partial charge in [-0.2, -0.15) is 0 Å². The van der Waals surface area contributed by atoms with Gasteiger partial charge in [0.2, 0.25) is 0 Å². The van der Waals surface area contributed by atoms with Crippen LogP contribution in [0.1, 0.15) is 0 Å². The predicted molar refractivity (Wildman–Crippen MR) is 19.3 cm³/mol. The van der Waals surface area contributed by atoms with Crippen LogP contribution in [0.4, 0.5) is 0 Å². The number of hydrogen-bond acceptors (Lipinski definition) is 3. The molecule has 0 aliphatic carbocycles. The molecule has 0 atom stereocenters. The standard InChI is InChI=1S/In.O2Si.O.Sn/c;1-3-2;;. The third kappa shape index (κ3) is 58.7. The second-order valence-electron chi connectivity index (χ2n) is 0.0833. The molecule has 0 aliphatic heterocycles. The minimum absolute atomic E-state index is 0. The summed E-state index contributed by atoms with van der Waals surface area (Å²) in [5.41, 5.74) is 0. The first kappa shape index (κ1) is 15.7. The topological polar surface area (TPSA) is 51.2 Å². The van der Waals surface area contributed by atoms with Crippen LogP contribution in [0.25, 0.3) is 0 Å². The van der Waals surface area contributed by atoms with Gasteiger partial charge >= 0.3 is 34.9 Å². The van der Waals surface area contributed by atoms with Crippen LogP contribution in [0.5, 0.6) is 0 Å². The molecule has 0 amide bonds. The van der Waals surface area contributed by atoms with Crippen LogP contribution in [0.3, 0.4) is 0 Å². The van der Waals surface area contributed by atoms with Gasteiger partial charge in [-0.3, -0.25) is 8.92 Å². The van der Waals surface area contributed by atoms with Gasteiger partial charge in [-0.05, 0) is 0 Å².